The molecule has 0 aliphatic carbocycles. The van der Waals surface area contributed by atoms with Crippen LogP contribution in [0.5, 0.6) is 5.75 Å². The molecule has 200 valence electrons. The molecule has 3 amide bonds. The number of anilines is 2. The molecule has 0 radical (unpaired) electrons. The third-order valence-electron chi connectivity index (χ3n) is 5.83. The van der Waals surface area contributed by atoms with Crippen LogP contribution < -0.4 is 21.7 Å². The summed E-state index contributed by atoms with van der Waals surface area (Å²) in [5, 5.41) is 13.9. The van der Waals surface area contributed by atoms with Gasteiger partial charge in [-0.1, -0.05) is 48.5 Å². The zero-order chi connectivity index (χ0) is 28.1. The third kappa shape index (κ3) is 5.65. The lowest BCUT2D eigenvalue weighted by Gasteiger charge is -2.32. The molecule has 11 nitrogen and oxygen atoms in total. The van der Waals surface area contributed by atoms with Gasteiger partial charge in [0.2, 0.25) is 5.91 Å². The summed E-state index contributed by atoms with van der Waals surface area (Å²) >= 11 is 0.680. The van der Waals surface area contributed by atoms with Crippen LogP contribution in [0.25, 0.3) is 10.8 Å². The summed E-state index contributed by atoms with van der Waals surface area (Å²) in [5.41, 5.74) is 11.7. The fourth-order valence-corrected chi connectivity index (χ4v) is 4.81. The number of nitrogens with one attached hydrogen (secondary N) is 1. The van der Waals surface area contributed by atoms with Crippen LogP contribution in [-0.2, 0) is 14.3 Å². The van der Waals surface area contributed by atoms with E-state index < -0.39 is 36.3 Å². The fraction of sp³-hybridized carbons (Fsp3) is 0.148. The van der Waals surface area contributed by atoms with Crippen molar-refractivity contribution in [1.29, 1.82) is 0 Å². The van der Waals surface area contributed by atoms with E-state index in [1.807, 2.05) is 18.2 Å². The molecule has 0 saturated heterocycles. The molecule has 1 atom stereocenters. The van der Waals surface area contributed by atoms with Crippen molar-refractivity contribution >= 4 is 57.4 Å². The average molecular weight is 548 g/mol. The molecule has 0 aliphatic rings. The van der Waals surface area contributed by atoms with E-state index in [1.54, 1.807) is 31.2 Å². The molecular formula is C27H25N5O6S. The van der Waals surface area contributed by atoms with Crippen LogP contribution in [0.3, 0.4) is 0 Å². The van der Waals surface area contributed by atoms with Gasteiger partial charge in [0, 0.05) is 5.39 Å². The standard InChI is InChI=1S/C27H25N5O6S/c1-2-38-20(34)14-30-26(36)23(16-10-12-17(33)13-11-16)32(19-9-5-7-15-6-3-4-8-18(15)19)27(37)24-21(28)22(25(29)35)31-39-24/h3-13,23,33H,2,14,28H2,1H3,(H2,29,35)(H,30,36). The molecule has 1 unspecified atom stereocenters. The van der Waals surface area contributed by atoms with Crippen LogP contribution >= 0.6 is 11.5 Å². The number of hydrogen-bond acceptors (Lipinski definition) is 9. The highest BCUT2D eigenvalue weighted by Gasteiger charge is 2.37. The Bertz CT molecular complexity index is 1550. The molecule has 1 aromatic heterocycles. The molecule has 0 saturated carbocycles. The lowest BCUT2D eigenvalue weighted by molar-refractivity contribution is -0.143. The van der Waals surface area contributed by atoms with E-state index >= 15 is 0 Å². The number of carbonyl (C=O) groups excluding carboxylic acids is 4. The van der Waals surface area contributed by atoms with Crippen molar-refractivity contribution in [3.8, 4) is 5.75 Å². The van der Waals surface area contributed by atoms with Gasteiger partial charge >= 0.3 is 5.97 Å². The number of nitrogen functional groups attached to an aromatic ring is 1. The van der Waals surface area contributed by atoms with Crippen molar-refractivity contribution < 1.29 is 29.0 Å². The van der Waals surface area contributed by atoms with Gasteiger partial charge in [0.25, 0.3) is 11.8 Å². The quantitative estimate of drug-likeness (QED) is 0.231. The largest absolute Gasteiger partial charge is 0.508 e. The molecule has 0 spiro atoms. The lowest BCUT2D eigenvalue weighted by atomic mass is 10.00. The average Bonchev–Trinajstić information content (AvgIpc) is 3.32. The first kappa shape index (κ1) is 27.1. The van der Waals surface area contributed by atoms with Crippen LogP contribution in [0, 0.1) is 0 Å². The number of ether oxygens (including phenoxy) is 1. The van der Waals surface area contributed by atoms with Gasteiger partial charge in [-0.15, -0.1) is 0 Å². The number of amides is 3. The summed E-state index contributed by atoms with van der Waals surface area (Å²) in [6.07, 6.45) is 0. The first-order valence-electron chi connectivity index (χ1n) is 11.8. The van der Waals surface area contributed by atoms with Crippen LogP contribution in [0.1, 0.15) is 38.7 Å². The van der Waals surface area contributed by atoms with Crippen LogP contribution in [-0.4, -0.2) is 46.3 Å². The number of aromatic hydroxyl groups is 1. The second-order valence-electron chi connectivity index (χ2n) is 8.33. The Kier molecular flexibility index (Phi) is 8.06. The van der Waals surface area contributed by atoms with Gasteiger partial charge in [0.15, 0.2) is 5.69 Å². The Morgan fingerprint density at radius 3 is 2.41 bits per heavy atom. The molecule has 39 heavy (non-hydrogen) atoms. The third-order valence-corrected chi connectivity index (χ3v) is 6.68. The second-order valence-corrected chi connectivity index (χ2v) is 9.10. The minimum atomic E-state index is -1.34. The summed E-state index contributed by atoms with van der Waals surface area (Å²) < 4.78 is 8.86. The van der Waals surface area contributed by atoms with Crippen molar-refractivity contribution in [1.82, 2.24) is 9.69 Å². The van der Waals surface area contributed by atoms with Crippen LogP contribution in [0.4, 0.5) is 11.4 Å². The fourth-order valence-electron chi connectivity index (χ4n) is 4.06. The predicted octanol–water partition coefficient (Wildman–Crippen LogP) is 2.75. The SMILES string of the molecule is CCOC(=O)CNC(=O)C(c1ccc(O)cc1)N(C(=O)c1snc(C(N)=O)c1N)c1cccc2ccccc12. The Labute approximate surface area is 227 Å². The molecular weight excluding hydrogens is 522 g/mol. The molecule has 0 bridgehead atoms. The van der Waals surface area contributed by atoms with Gasteiger partial charge < -0.3 is 26.6 Å². The van der Waals surface area contributed by atoms with Gasteiger partial charge in [0.1, 0.15) is 23.2 Å². The summed E-state index contributed by atoms with van der Waals surface area (Å²) in [6, 6.07) is 16.9. The molecule has 0 fully saturated rings. The number of esters is 1. The summed E-state index contributed by atoms with van der Waals surface area (Å²) in [5.74, 6) is -3.03. The topological polar surface area (TPSA) is 178 Å². The number of hydrogen-bond donors (Lipinski definition) is 4. The van der Waals surface area contributed by atoms with E-state index in [4.69, 9.17) is 16.2 Å². The van der Waals surface area contributed by atoms with Crippen molar-refractivity contribution in [2.24, 2.45) is 5.73 Å². The van der Waals surface area contributed by atoms with E-state index in [1.165, 1.54) is 29.2 Å². The highest BCUT2D eigenvalue weighted by atomic mass is 32.1. The predicted molar refractivity (Wildman–Crippen MR) is 146 cm³/mol. The number of carbonyl (C=O) groups is 4. The molecule has 0 aliphatic heterocycles. The molecule has 3 aromatic carbocycles. The number of nitrogens with zero attached hydrogens (tertiary/aromatic N) is 2. The summed E-state index contributed by atoms with van der Waals surface area (Å²) in [4.78, 5) is 52.9. The number of nitrogens with two attached hydrogens (primary N) is 2. The summed E-state index contributed by atoms with van der Waals surface area (Å²) in [7, 11) is 0. The van der Waals surface area contributed by atoms with E-state index in [2.05, 4.69) is 9.69 Å². The van der Waals surface area contributed by atoms with Gasteiger partial charge in [0.05, 0.1) is 18.0 Å². The smallest absolute Gasteiger partial charge is 0.325 e. The number of benzene rings is 3. The van der Waals surface area contributed by atoms with Gasteiger partial charge in [-0.3, -0.25) is 24.1 Å². The number of phenols is 1. The van der Waals surface area contributed by atoms with Gasteiger partial charge in [-0.2, -0.15) is 4.37 Å². The van der Waals surface area contributed by atoms with Crippen molar-refractivity contribution in [3.05, 3.63) is 82.9 Å². The van der Waals surface area contributed by atoms with Gasteiger partial charge in [-0.05, 0) is 47.6 Å². The molecule has 6 N–H and O–H groups in total. The van der Waals surface area contributed by atoms with Crippen molar-refractivity contribution in [2.45, 2.75) is 13.0 Å². The van der Waals surface area contributed by atoms with Crippen molar-refractivity contribution in [3.63, 3.8) is 0 Å². The Balaban J connectivity index is 1.92. The first-order chi connectivity index (χ1) is 18.7. The Morgan fingerprint density at radius 1 is 1.05 bits per heavy atom. The summed E-state index contributed by atoms with van der Waals surface area (Å²) in [6.45, 7) is 1.33. The molecule has 4 rings (SSSR count). The van der Waals surface area contributed by atoms with Crippen LogP contribution in [0.15, 0.2) is 66.7 Å². The lowest BCUT2D eigenvalue weighted by Crippen LogP contribution is -2.45. The number of aromatic nitrogens is 1. The number of phenolic OH excluding ortho intramolecular Hbond substituents is 1. The zero-order valence-electron chi connectivity index (χ0n) is 20.8. The number of primary amides is 1. The molecule has 12 heteroatoms. The van der Waals surface area contributed by atoms with E-state index in [9.17, 15) is 24.3 Å². The number of fused-ring (bicyclic) bond motifs is 1. The maximum Gasteiger partial charge on any atom is 0.325 e. The first-order valence-corrected chi connectivity index (χ1v) is 12.6. The second kappa shape index (κ2) is 11.6. The Morgan fingerprint density at radius 2 is 1.74 bits per heavy atom. The Hall–Kier alpha value is -4.97. The number of rotatable bonds is 9. The van der Waals surface area contributed by atoms with E-state index in [0.29, 0.717) is 28.2 Å². The van der Waals surface area contributed by atoms with Gasteiger partial charge in [-0.25, -0.2) is 0 Å². The molecule has 4 aromatic rings. The molecule has 1 heterocycles. The normalized spacial score (nSPS) is 11.5. The van der Waals surface area contributed by atoms with E-state index in [0.717, 1.165) is 5.39 Å². The zero-order valence-corrected chi connectivity index (χ0v) is 21.6. The van der Waals surface area contributed by atoms with Crippen molar-refractivity contribution in [2.75, 3.05) is 23.8 Å². The minimum absolute atomic E-state index is 0.0507. The minimum Gasteiger partial charge on any atom is -0.508 e. The van der Waals surface area contributed by atoms with Crippen LogP contribution in [0.2, 0.25) is 0 Å². The maximum absolute atomic E-state index is 14.2. The maximum atomic E-state index is 14.2. The monoisotopic (exact) mass is 547 g/mol. The highest BCUT2D eigenvalue weighted by Crippen LogP contribution is 2.37. The van der Waals surface area contributed by atoms with E-state index in [-0.39, 0.29) is 28.6 Å². The highest BCUT2D eigenvalue weighted by molar-refractivity contribution is 7.09.